The predicted molar refractivity (Wildman–Crippen MR) is 189 cm³/mol. The summed E-state index contributed by atoms with van der Waals surface area (Å²) in [6.45, 7) is 10.3. The van der Waals surface area contributed by atoms with Gasteiger partial charge in [0, 0.05) is 49.0 Å². The van der Waals surface area contributed by atoms with Gasteiger partial charge >= 0.3 is 0 Å². The molecule has 0 aliphatic heterocycles. The van der Waals surface area contributed by atoms with Crippen molar-refractivity contribution in [2.45, 2.75) is 34.6 Å². The molecule has 0 saturated carbocycles. The molecule has 0 saturated heterocycles. The number of benzene rings is 4. The Morgan fingerprint density at radius 2 is 1.40 bits per heavy atom. The van der Waals surface area contributed by atoms with Crippen LogP contribution in [0.15, 0.2) is 114 Å². The standard InChI is InChI=1S/C22H15N2O.C20H18N.Ir/c1-13-6-11-19(23-12-13)18-5-3-4-16-17-10-9-15-8-7-14(2)24-20(15)22(17)25-21(16)18;1-14-9-10-18(20-11-15(2)16(3)13-21-20)12-19(14)17-7-5-4-6-8-17;/h3-4,6-12H,1-2H3;4-9,11-13H,1-3H3;/q2*-1;. The van der Waals surface area contributed by atoms with Gasteiger partial charge in [-0.15, -0.1) is 47.5 Å². The summed E-state index contributed by atoms with van der Waals surface area (Å²) in [5, 5.41) is 3.22. The van der Waals surface area contributed by atoms with Crippen LogP contribution in [0.25, 0.3) is 66.5 Å². The van der Waals surface area contributed by atoms with Gasteiger partial charge in [-0.2, -0.15) is 0 Å². The van der Waals surface area contributed by atoms with Crippen LogP contribution in [0, 0.1) is 46.8 Å². The Bertz CT molecular complexity index is 2360. The molecule has 0 amide bonds. The number of rotatable bonds is 3. The molecule has 0 spiro atoms. The van der Waals surface area contributed by atoms with Crippen molar-refractivity contribution in [2.24, 2.45) is 0 Å². The first-order chi connectivity index (χ1) is 22.4. The van der Waals surface area contributed by atoms with E-state index in [-0.39, 0.29) is 20.1 Å². The largest absolute Gasteiger partial charge is 0.498 e. The molecule has 0 unspecified atom stereocenters. The number of hydrogen-bond donors (Lipinski definition) is 0. The quantitative estimate of drug-likeness (QED) is 0.167. The molecular formula is C42H33IrN3O-2. The molecule has 233 valence electrons. The molecule has 47 heavy (non-hydrogen) atoms. The van der Waals surface area contributed by atoms with Crippen molar-refractivity contribution in [3.05, 3.63) is 150 Å². The van der Waals surface area contributed by atoms with E-state index in [1.54, 1.807) is 0 Å². The Morgan fingerprint density at radius 3 is 2.17 bits per heavy atom. The minimum atomic E-state index is 0. The zero-order valence-corrected chi connectivity index (χ0v) is 29.4. The van der Waals surface area contributed by atoms with Gasteiger partial charge in [-0.25, -0.2) is 4.98 Å². The third-order valence-corrected chi connectivity index (χ3v) is 8.46. The molecule has 4 aromatic carbocycles. The van der Waals surface area contributed by atoms with Gasteiger partial charge in [0.25, 0.3) is 0 Å². The monoisotopic (exact) mass is 788 g/mol. The van der Waals surface area contributed by atoms with Crippen molar-refractivity contribution in [3.8, 4) is 33.6 Å². The number of hydrogen-bond acceptors (Lipinski definition) is 4. The SMILES string of the molecule is Cc1ccc(-c2[c-]ccc3c2oc2c3ccc3ccc(C)nc32)nc1.Cc1cnc(-c2[c-]cc(C)c(-c3ccccc3)c2)cc1C.[Ir]. The van der Waals surface area contributed by atoms with E-state index in [0.717, 1.165) is 66.6 Å². The fourth-order valence-corrected chi connectivity index (χ4v) is 5.70. The molecule has 1 radical (unpaired) electrons. The number of pyridine rings is 3. The number of furan rings is 1. The van der Waals surface area contributed by atoms with E-state index in [1.807, 2.05) is 56.6 Å². The van der Waals surface area contributed by atoms with Crippen molar-refractivity contribution in [2.75, 3.05) is 0 Å². The number of fused-ring (bicyclic) bond motifs is 5. The maximum Gasteiger partial charge on any atom is 0.147 e. The Labute approximate surface area is 288 Å². The van der Waals surface area contributed by atoms with Crippen molar-refractivity contribution in [3.63, 3.8) is 0 Å². The first-order valence-electron chi connectivity index (χ1n) is 15.4. The predicted octanol–water partition coefficient (Wildman–Crippen LogP) is 10.8. The number of nitrogens with zero attached hydrogens (tertiary/aromatic N) is 3. The summed E-state index contributed by atoms with van der Waals surface area (Å²) in [4.78, 5) is 13.8. The Hall–Kier alpha value is -4.96. The molecule has 5 heteroatoms. The van der Waals surface area contributed by atoms with Crippen molar-refractivity contribution >= 4 is 32.8 Å². The second kappa shape index (κ2) is 13.4. The Kier molecular flexibility index (Phi) is 9.13. The molecule has 0 N–H and O–H groups in total. The average Bonchev–Trinajstić information content (AvgIpc) is 3.47. The number of aryl methyl sites for hydroxylation is 5. The van der Waals surface area contributed by atoms with E-state index < -0.39 is 0 Å². The molecule has 8 rings (SSSR count). The maximum absolute atomic E-state index is 6.30. The van der Waals surface area contributed by atoms with E-state index in [0.29, 0.717) is 0 Å². The molecule has 0 bridgehead atoms. The van der Waals surface area contributed by atoms with Crippen LogP contribution in [0.4, 0.5) is 0 Å². The van der Waals surface area contributed by atoms with Crippen molar-refractivity contribution < 1.29 is 24.5 Å². The Morgan fingerprint density at radius 1 is 0.638 bits per heavy atom. The van der Waals surface area contributed by atoms with Gasteiger partial charge in [-0.05, 0) is 61.8 Å². The van der Waals surface area contributed by atoms with Crippen LogP contribution in [0.3, 0.4) is 0 Å². The first-order valence-corrected chi connectivity index (χ1v) is 15.4. The van der Waals surface area contributed by atoms with E-state index >= 15 is 0 Å². The topological polar surface area (TPSA) is 51.8 Å². The minimum Gasteiger partial charge on any atom is -0.498 e. The van der Waals surface area contributed by atoms with Gasteiger partial charge in [0.1, 0.15) is 11.1 Å². The van der Waals surface area contributed by atoms with Crippen LogP contribution in [-0.2, 0) is 20.1 Å². The Balaban J connectivity index is 0.000000164. The van der Waals surface area contributed by atoms with Crippen LogP contribution in [0.1, 0.15) is 27.9 Å². The third-order valence-electron chi connectivity index (χ3n) is 8.46. The van der Waals surface area contributed by atoms with Crippen LogP contribution < -0.4 is 0 Å². The first kappa shape index (κ1) is 32.0. The smallest absolute Gasteiger partial charge is 0.147 e. The summed E-state index contributed by atoms with van der Waals surface area (Å²) in [6, 6.07) is 39.8. The molecule has 4 aromatic heterocycles. The minimum absolute atomic E-state index is 0. The normalized spacial score (nSPS) is 10.9. The van der Waals surface area contributed by atoms with Crippen LogP contribution in [0.2, 0.25) is 0 Å². The van der Waals surface area contributed by atoms with Gasteiger partial charge in [-0.1, -0.05) is 95.7 Å². The number of aromatic nitrogens is 3. The molecule has 0 atom stereocenters. The van der Waals surface area contributed by atoms with Crippen molar-refractivity contribution in [1.82, 2.24) is 15.0 Å². The fraction of sp³-hybridized carbons (Fsp3) is 0.119. The maximum atomic E-state index is 6.30. The third kappa shape index (κ3) is 6.38. The zero-order valence-electron chi connectivity index (χ0n) is 27.0. The summed E-state index contributed by atoms with van der Waals surface area (Å²) in [5.74, 6) is 0. The molecule has 8 aromatic rings. The fourth-order valence-electron chi connectivity index (χ4n) is 5.70. The van der Waals surface area contributed by atoms with Gasteiger partial charge in [-0.3, -0.25) is 0 Å². The zero-order chi connectivity index (χ0) is 31.8. The molecule has 0 aliphatic carbocycles. The molecule has 4 heterocycles. The van der Waals surface area contributed by atoms with Crippen LogP contribution in [0.5, 0.6) is 0 Å². The van der Waals surface area contributed by atoms with Gasteiger partial charge in [0.2, 0.25) is 0 Å². The summed E-state index contributed by atoms with van der Waals surface area (Å²) < 4.78 is 6.30. The van der Waals surface area contributed by atoms with E-state index in [1.165, 1.54) is 27.8 Å². The van der Waals surface area contributed by atoms with Crippen molar-refractivity contribution in [1.29, 1.82) is 0 Å². The van der Waals surface area contributed by atoms with E-state index in [2.05, 4.69) is 110 Å². The van der Waals surface area contributed by atoms with Crippen LogP contribution in [-0.4, -0.2) is 15.0 Å². The van der Waals surface area contributed by atoms with E-state index in [9.17, 15) is 0 Å². The average molecular weight is 788 g/mol. The molecule has 4 nitrogen and oxygen atoms in total. The summed E-state index contributed by atoms with van der Waals surface area (Å²) in [5.41, 5.74) is 14.6. The summed E-state index contributed by atoms with van der Waals surface area (Å²) >= 11 is 0. The van der Waals surface area contributed by atoms with Crippen LogP contribution >= 0.6 is 0 Å². The molecular weight excluding hydrogens is 755 g/mol. The van der Waals surface area contributed by atoms with E-state index in [4.69, 9.17) is 9.40 Å². The second-order valence-corrected chi connectivity index (χ2v) is 11.8. The van der Waals surface area contributed by atoms with Gasteiger partial charge in [0.15, 0.2) is 0 Å². The van der Waals surface area contributed by atoms with Gasteiger partial charge < -0.3 is 14.4 Å². The summed E-state index contributed by atoms with van der Waals surface area (Å²) in [6.07, 6.45) is 3.80. The molecule has 0 fully saturated rings. The molecule has 0 aliphatic rings. The van der Waals surface area contributed by atoms with Gasteiger partial charge in [0.05, 0.1) is 5.58 Å². The summed E-state index contributed by atoms with van der Waals surface area (Å²) in [7, 11) is 0. The second-order valence-electron chi connectivity index (χ2n) is 11.8.